The van der Waals surface area contributed by atoms with Crippen LogP contribution in [0.15, 0.2) is 91.1 Å². The fraction of sp³-hybridized carbons (Fsp3) is 0.107. The summed E-state index contributed by atoms with van der Waals surface area (Å²) in [5.41, 5.74) is 9.22. The summed E-state index contributed by atoms with van der Waals surface area (Å²) < 4.78 is 7.52. The van der Waals surface area contributed by atoms with E-state index in [0.717, 1.165) is 27.9 Å². The SMILES string of the molecule is COc1ccc(-c2cnc3c(c2)c(-c2ccc(C)cc2)c(-c2ccccc2)n3C)cc1. The van der Waals surface area contributed by atoms with Gasteiger partial charge in [0.1, 0.15) is 11.4 Å². The normalized spacial score (nSPS) is 11.1. The van der Waals surface area contributed by atoms with E-state index in [1.807, 2.05) is 18.3 Å². The summed E-state index contributed by atoms with van der Waals surface area (Å²) in [6.45, 7) is 2.12. The first-order chi connectivity index (χ1) is 15.2. The van der Waals surface area contributed by atoms with Gasteiger partial charge in [0.05, 0.1) is 12.8 Å². The number of aryl methyl sites for hydroxylation is 2. The average molecular weight is 405 g/mol. The molecule has 0 aliphatic heterocycles. The van der Waals surface area contributed by atoms with Crippen molar-refractivity contribution in [1.29, 1.82) is 0 Å². The summed E-state index contributed by atoms with van der Waals surface area (Å²) in [7, 11) is 3.79. The summed E-state index contributed by atoms with van der Waals surface area (Å²) in [4.78, 5) is 4.88. The monoisotopic (exact) mass is 404 g/mol. The Morgan fingerprint density at radius 1 is 0.742 bits per heavy atom. The van der Waals surface area contributed by atoms with Crippen molar-refractivity contribution in [2.75, 3.05) is 7.11 Å². The zero-order valence-electron chi connectivity index (χ0n) is 18.0. The molecule has 0 bridgehead atoms. The van der Waals surface area contributed by atoms with E-state index in [9.17, 15) is 0 Å². The van der Waals surface area contributed by atoms with Crippen LogP contribution < -0.4 is 4.74 Å². The second-order valence-corrected chi connectivity index (χ2v) is 7.84. The fourth-order valence-electron chi connectivity index (χ4n) is 4.20. The van der Waals surface area contributed by atoms with Gasteiger partial charge in [-0.3, -0.25) is 0 Å². The van der Waals surface area contributed by atoms with Gasteiger partial charge in [0.15, 0.2) is 0 Å². The van der Waals surface area contributed by atoms with Gasteiger partial charge in [0.2, 0.25) is 0 Å². The summed E-state index contributed by atoms with van der Waals surface area (Å²) in [5, 5.41) is 1.15. The molecular formula is C28H24N2O. The van der Waals surface area contributed by atoms with Gasteiger partial charge in [0.25, 0.3) is 0 Å². The Kier molecular flexibility index (Phi) is 4.79. The van der Waals surface area contributed by atoms with E-state index >= 15 is 0 Å². The van der Waals surface area contributed by atoms with Crippen LogP contribution in [0.2, 0.25) is 0 Å². The molecule has 0 radical (unpaired) electrons. The van der Waals surface area contributed by atoms with Crippen molar-refractivity contribution in [2.24, 2.45) is 7.05 Å². The zero-order valence-corrected chi connectivity index (χ0v) is 18.0. The lowest BCUT2D eigenvalue weighted by Crippen LogP contribution is -1.94. The number of rotatable bonds is 4. The topological polar surface area (TPSA) is 27.1 Å². The van der Waals surface area contributed by atoms with Gasteiger partial charge < -0.3 is 9.30 Å². The van der Waals surface area contributed by atoms with Crippen LogP contribution in [0.4, 0.5) is 0 Å². The minimum absolute atomic E-state index is 0.851. The zero-order chi connectivity index (χ0) is 21.4. The van der Waals surface area contributed by atoms with Gasteiger partial charge in [-0.15, -0.1) is 0 Å². The van der Waals surface area contributed by atoms with Crippen LogP contribution in [0.1, 0.15) is 5.56 Å². The quantitative estimate of drug-likeness (QED) is 0.326. The highest BCUT2D eigenvalue weighted by atomic mass is 16.5. The molecule has 0 atom stereocenters. The number of benzene rings is 3. The van der Waals surface area contributed by atoms with E-state index in [-0.39, 0.29) is 0 Å². The first-order valence-electron chi connectivity index (χ1n) is 10.4. The van der Waals surface area contributed by atoms with Gasteiger partial charge in [0, 0.05) is 29.8 Å². The van der Waals surface area contributed by atoms with E-state index in [1.54, 1.807) is 7.11 Å². The summed E-state index contributed by atoms with van der Waals surface area (Å²) in [6, 6.07) is 29.7. The van der Waals surface area contributed by atoms with Crippen molar-refractivity contribution < 1.29 is 4.74 Å². The number of aromatic nitrogens is 2. The lowest BCUT2D eigenvalue weighted by molar-refractivity contribution is 0.415. The van der Waals surface area contributed by atoms with E-state index in [0.29, 0.717) is 0 Å². The standard InChI is InChI=1S/C28H24N2O/c1-19-9-11-21(12-10-19)26-25-17-23(20-13-15-24(31-3)16-14-20)18-29-28(25)30(2)27(26)22-7-5-4-6-8-22/h4-18H,1-3H3. The minimum atomic E-state index is 0.851. The van der Waals surface area contributed by atoms with Crippen LogP contribution in [0.3, 0.4) is 0 Å². The molecule has 3 heteroatoms. The second-order valence-electron chi connectivity index (χ2n) is 7.84. The molecule has 0 saturated carbocycles. The molecule has 0 aliphatic rings. The van der Waals surface area contributed by atoms with Crippen LogP contribution in [0.25, 0.3) is 44.5 Å². The smallest absolute Gasteiger partial charge is 0.140 e. The van der Waals surface area contributed by atoms with Crippen LogP contribution in [0, 0.1) is 6.92 Å². The molecule has 0 N–H and O–H groups in total. The predicted octanol–water partition coefficient (Wildman–Crippen LogP) is 6.89. The van der Waals surface area contributed by atoms with Crippen molar-refractivity contribution in [1.82, 2.24) is 9.55 Å². The highest BCUT2D eigenvalue weighted by Crippen LogP contribution is 2.41. The first kappa shape index (κ1) is 19.1. The van der Waals surface area contributed by atoms with E-state index in [4.69, 9.17) is 9.72 Å². The third kappa shape index (κ3) is 3.38. The molecule has 0 spiro atoms. The molecule has 0 saturated heterocycles. The Morgan fingerprint density at radius 2 is 1.42 bits per heavy atom. The minimum Gasteiger partial charge on any atom is -0.497 e. The molecule has 5 rings (SSSR count). The number of methoxy groups -OCH3 is 1. The maximum atomic E-state index is 5.31. The van der Waals surface area contributed by atoms with Crippen LogP contribution in [-0.4, -0.2) is 16.7 Å². The number of fused-ring (bicyclic) bond motifs is 1. The van der Waals surface area contributed by atoms with Crippen LogP contribution in [-0.2, 0) is 7.05 Å². The molecule has 0 amide bonds. The number of pyridine rings is 1. The molecule has 3 nitrogen and oxygen atoms in total. The number of hydrogen-bond acceptors (Lipinski definition) is 2. The largest absolute Gasteiger partial charge is 0.497 e. The molecule has 2 aromatic heterocycles. The molecule has 0 aliphatic carbocycles. The van der Waals surface area contributed by atoms with Crippen LogP contribution >= 0.6 is 0 Å². The summed E-state index contributed by atoms with van der Waals surface area (Å²) >= 11 is 0. The van der Waals surface area contributed by atoms with Crippen molar-refractivity contribution in [3.05, 3.63) is 96.7 Å². The molecule has 3 aromatic carbocycles. The molecule has 0 fully saturated rings. The molecular weight excluding hydrogens is 380 g/mol. The Bertz CT molecular complexity index is 1350. The van der Waals surface area contributed by atoms with Gasteiger partial charge in [-0.2, -0.15) is 0 Å². The average Bonchev–Trinajstić information content (AvgIpc) is 3.12. The number of nitrogens with zero attached hydrogens (tertiary/aromatic N) is 2. The van der Waals surface area contributed by atoms with E-state index in [2.05, 4.69) is 91.3 Å². The van der Waals surface area contributed by atoms with Gasteiger partial charge in [-0.1, -0.05) is 72.3 Å². The van der Waals surface area contributed by atoms with E-state index < -0.39 is 0 Å². The molecule has 31 heavy (non-hydrogen) atoms. The van der Waals surface area contributed by atoms with Crippen molar-refractivity contribution in [2.45, 2.75) is 6.92 Å². The maximum absolute atomic E-state index is 5.31. The van der Waals surface area contributed by atoms with Crippen molar-refractivity contribution >= 4 is 11.0 Å². The fourth-order valence-corrected chi connectivity index (χ4v) is 4.20. The first-order valence-corrected chi connectivity index (χ1v) is 10.4. The second kappa shape index (κ2) is 7.77. The molecule has 5 aromatic rings. The summed E-state index contributed by atoms with van der Waals surface area (Å²) in [6.07, 6.45) is 1.96. The maximum Gasteiger partial charge on any atom is 0.140 e. The summed E-state index contributed by atoms with van der Waals surface area (Å²) in [5.74, 6) is 0.851. The highest BCUT2D eigenvalue weighted by Gasteiger charge is 2.19. The molecule has 0 unspecified atom stereocenters. The Balaban J connectivity index is 1.79. The van der Waals surface area contributed by atoms with E-state index in [1.165, 1.54) is 27.9 Å². The number of ether oxygens (including phenoxy) is 1. The van der Waals surface area contributed by atoms with Gasteiger partial charge in [-0.05, 0) is 41.8 Å². The Morgan fingerprint density at radius 3 is 2.10 bits per heavy atom. The van der Waals surface area contributed by atoms with Crippen LogP contribution in [0.5, 0.6) is 5.75 Å². The lowest BCUT2D eigenvalue weighted by atomic mass is 9.97. The lowest BCUT2D eigenvalue weighted by Gasteiger charge is -2.09. The molecule has 152 valence electrons. The highest BCUT2D eigenvalue weighted by molar-refractivity contribution is 6.04. The van der Waals surface area contributed by atoms with Crippen molar-refractivity contribution in [3.8, 4) is 39.3 Å². The predicted molar refractivity (Wildman–Crippen MR) is 128 cm³/mol. The van der Waals surface area contributed by atoms with Gasteiger partial charge >= 0.3 is 0 Å². The third-order valence-corrected chi connectivity index (χ3v) is 5.84. The van der Waals surface area contributed by atoms with Crippen molar-refractivity contribution in [3.63, 3.8) is 0 Å². The molecule has 2 heterocycles. The van der Waals surface area contributed by atoms with Gasteiger partial charge in [-0.25, -0.2) is 4.98 Å². The third-order valence-electron chi connectivity index (χ3n) is 5.84. The Labute approximate surface area is 182 Å². The number of hydrogen-bond donors (Lipinski definition) is 0. The Hall–Kier alpha value is -3.85.